The van der Waals surface area contributed by atoms with Gasteiger partial charge in [0.2, 0.25) is 16.8 Å². The number of thiophene rings is 1. The van der Waals surface area contributed by atoms with E-state index in [1.807, 2.05) is 29.0 Å². The highest BCUT2D eigenvalue weighted by Crippen LogP contribution is 2.31. The number of para-hydroxylation sites is 1. The quantitative estimate of drug-likeness (QED) is 0.424. The number of thioether (sulfide) groups is 1. The van der Waals surface area contributed by atoms with Gasteiger partial charge in [0.25, 0.3) is 0 Å². The third-order valence-corrected chi connectivity index (χ3v) is 6.25. The third kappa shape index (κ3) is 3.95. The van der Waals surface area contributed by atoms with Gasteiger partial charge in [0, 0.05) is 16.6 Å². The zero-order valence-electron chi connectivity index (χ0n) is 13.9. The van der Waals surface area contributed by atoms with E-state index in [2.05, 4.69) is 44.7 Å². The molecule has 1 N–H and O–H groups in total. The van der Waals surface area contributed by atoms with E-state index < -0.39 is 0 Å². The first-order valence-corrected chi connectivity index (χ1v) is 10.7. The molecule has 6 nitrogen and oxygen atoms in total. The number of aromatic nitrogens is 4. The maximum atomic E-state index is 5.31. The van der Waals surface area contributed by atoms with Gasteiger partial charge in [0.1, 0.15) is 0 Å². The Morgan fingerprint density at radius 3 is 2.96 bits per heavy atom. The first-order chi connectivity index (χ1) is 12.8. The highest BCUT2D eigenvalue weighted by molar-refractivity contribution is 8.00. The molecule has 132 valence electrons. The van der Waals surface area contributed by atoms with Gasteiger partial charge in [0.05, 0.1) is 5.75 Å². The van der Waals surface area contributed by atoms with Crippen molar-refractivity contribution < 1.29 is 4.52 Å². The van der Waals surface area contributed by atoms with E-state index in [4.69, 9.17) is 4.52 Å². The van der Waals surface area contributed by atoms with Crippen LogP contribution in [0.1, 0.15) is 18.4 Å². The van der Waals surface area contributed by atoms with Crippen molar-refractivity contribution in [2.24, 2.45) is 0 Å². The molecule has 3 aromatic heterocycles. The molecule has 0 aliphatic heterocycles. The van der Waals surface area contributed by atoms with Crippen molar-refractivity contribution in [2.45, 2.75) is 23.4 Å². The lowest BCUT2D eigenvalue weighted by molar-refractivity contribution is 0.391. The zero-order chi connectivity index (χ0) is 17.8. The standard InChI is InChI=1S/C17H15N5OS3/c1-2-11-5-3-4-6-13(11)18-16-20-21-17(26-16)25-10-14-19-15(22-23-14)12-7-8-24-9-12/h3-9H,2,10H2,1H3,(H,18,20). The monoisotopic (exact) mass is 401 g/mol. The molecule has 26 heavy (non-hydrogen) atoms. The summed E-state index contributed by atoms with van der Waals surface area (Å²) < 4.78 is 6.16. The maximum absolute atomic E-state index is 5.31. The van der Waals surface area contributed by atoms with Crippen molar-refractivity contribution >= 4 is 45.3 Å². The second-order valence-corrected chi connectivity index (χ2v) is 8.30. The van der Waals surface area contributed by atoms with E-state index in [0.29, 0.717) is 17.5 Å². The lowest BCUT2D eigenvalue weighted by Crippen LogP contribution is -1.94. The fraction of sp³-hybridized carbons (Fsp3) is 0.176. The summed E-state index contributed by atoms with van der Waals surface area (Å²) in [5.41, 5.74) is 3.30. The molecule has 0 radical (unpaired) electrons. The number of hydrogen-bond donors (Lipinski definition) is 1. The highest BCUT2D eigenvalue weighted by Gasteiger charge is 2.12. The molecule has 0 fully saturated rings. The first kappa shape index (κ1) is 17.2. The Balaban J connectivity index is 1.38. The number of aryl methyl sites for hydroxylation is 1. The summed E-state index contributed by atoms with van der Waals surface area (Å²) in [6.45, 7) is 2.14. The minimum atomic E-state index is 0.567. The second kappa shape index (κ2) is 7.98. The Morgan fingerprint density at radius 2 is 2.12 bits per heavy atom. The molecule has 9 heteroatoms. The Hall–Kier alpha value is -2.23. The summed E-state index contributed by atoms with van der Waals surface area (Å²) >= 11 is 4.66. The number of rotatable bonds is 7. The van der Waals surface area contributed by atoms with E-state index in [1.54, 1.807) is 11.3 Å². The SMILES string of the molecule is CCc1ccccc1Nc1nnc(SCc2nc(-c3ccsc3)no2)s1. The van der Waals surface area contributed by atoms with Crippen molar-refractivity contribution in [1.82, 2.24) is 20.3 Å². The summed E-state index contributed by atoms with van der Waals surface area (Å²) in [6, 6.07) is 10.2. The van der Waals surface area contributed by atoms with Crippen LogP contribution >= 0.6 is 34.4 Å². The van der Waals surface area contributed by atoms with Gasteiger partial charge >= 0.3 is 0 Å². The van der Waals surface area contributed by atoms with Crippen molar-refractivity contribution in [3.8, 4) is 11.4 Å². The molecule has 4 rings (SSSR count). The van der Waals surface area contributed by atoms with Crippen molar-refractivity contribution in [3.63, 3.8) is 0 Å². The largest absolute Gasteiger partial charge is 0.338 e. The van der Waals surface area contributed by atoms with Crippen molar-refractivity contribution in [3.05, 3.63) is 52.5 Å². The molecular formula is C17H15N5OS3. The summed E-state index contributed by atoms with van der Waals surface area (Å²) in [6.07, 6.45) is 0.965. The molecule has 0 amide bonds. The molecule has 3 heterocycles. The molecular weight excluding hydrogens is 386 g/mol. The van der Waals surface area contributed by atoms with Gasteiger partial charge in [-0.1, -0.05) is 53.4 Å². The number of benzene rings is 1. The molecule has 0 spiro atoms. The number of nitrogens with one attached hydrogen (secondary N) is 1. The van der Waals surface area contributed by atoms with Gasteiger partial charge in [-0.3, -0.25) is 0 Å². The van der Waals surface area contributed by atoms with E-state index in [0.717, 1.165) is 27.1 Å². The Labute approximate surface area is 162 Å². The van der Waals surface area contributed by atoms with Crippen LogP contribution in [0.15, 0.2) is 50.0 Å². The van der Waals surface area contributed by atoms with E-state index in [9.17, 15) is 0 Å². The lowest BCUT2D eigenvalue weighted by Gasteiger charge is -2.06. The fourth-order valence-electron chi connectivity index (χ4n) is 2.33. The van der Waals surface area contributed by atoms with E-state index in [-0.39, 0.29) is 0 Å². The number of anilines is 2. The Bertz CT molecular complexity index is 980. The molecule has 1 aromatic carbocycles. The van der Waals surface area contributed by atoms with Crippen LogP contribution in [0.3, 0.4) is 0 Å². The van der Waals surface area contributed by atoms with Crippen molar-refractivity contribution in [1.29, 1.82) is 0 Å². The average Bonchev–Trinajstić information content (AvgIpc) is 3.41. The summed E-state index contributed by atoms with van der Waals surface area (Å²) in [5.74, 6) is 1.77. The first-order valence-electron chi connectivity index (χ1n) is 7.98. The van der Waals surface area contributed by atoms with Crippen LogP contribution in [0, 0.1) is 0 Å². The maximum Gasteiger partial charge on any atom is 0.237 e. The van der Waals surface area contributed by atoms with Crippen LogP contribution in [-0.2, 0) is 12.2 Å². The summed E-state index contributed by atoms with van der Waals surface area (Å²) in [5, 5.41) is 20.6. The van der Waals surface area contributed by atoms with Crippen LogP contribution < -0.4 is 5.32 Å². The predicted octanol–water partition coefficient (Wildman–Crippen LogP) is 5.25. The highest BCUT2D eigenvalue weighted by atomic mass is 32.2. The fourth-order valence-corrected chi connectivity index (χ4v) is 4.57. The smallest absolute Gasteiger partial charge is 0.237 e. The van der Waals surface area contributed by atoms with Crippen molar-refractivity contribution in [2.75, 3.05) is 5.32 Å². The molecule has 0 atom stereocenters. The third-order valence-electron chi connectivity index (χ3n) is 3.61. The van der Waals surface area contributed by atoms with E-state index in [1.165, 1.54) is 28.7 Å². The Morgan fingerprint density at radius 1 is 1.19 bits per heavy atom. The molecule has 0 aliphatic carbocycles. The molecule has 0 saturated heterocycles. The zero-order valence-corrected chi connectivity index (χ0v) is 16.3. The normalized spacial score (nSPS) is 11.0. The minimum Gasteiger partial charge on any atom is -0.338 e. The predicted molar refractivity (Wildman–Crippen MR) is 106 cm³/mol. The van der Waals surface area contributed by atoms with Crippen LogP contribution in [0.4, 0.5) is 10.8 Å². The van der Waals surface area contributed by atoms with Crippen LogP contribution in [-0.4, -0.2) is 20.3 Å². The number of hydrogen-bond acceptors (Lipinski definition) is 9. The van der Waals surface area contributed by atoms with Gasteiger partial charge in [-0.15, -0.1) is 10.2 Å². The topological polar surface area (TPSA) is 76.7 Å². The molecule has 0 unspecified atom stereocenters. The minimum absolute atomic E-state index is 0.567. The molecule has 0 saturated carbocycles. The summed E-state index contributed by atoms with van der Waals surface area (Å²) in [4.78, 5) is 4.41. The van der Waals surface area contributed by atoms with Gasteiger partial charge in [0.15, 0.2) is 4.34 Å². The van der Waals surface area contributed by atoms with Gasteiger partial charge in [-0.25, -0.2) is 0 Å². The average molecular weight is 402 g/mol. The lowest BCUT2D eigenvalue weighted by atomic mass is 10.1. The summed E-state index contributed by atoms with van der Waals surface area (Å²) in [7, 11) is 0. The molecule has 0 bridgehead atoms. The van der Waals surface area contributed by atoms with Crippen LogP contribution in [0.25, 0.3) is 11.4 Å². The van der Waals surface area contributed by atoms with Gasteiger partial charge in [-0.2, -0.15) is 16.3 Å². The van der Waals surface area contributed by atoms with E-state index >= 15 is 0 Å². The van der Waals surface area contributed by atoms with Gasteiger partial charge in [-0.05, 0) is 29.5 Å². The van der Waals surface area contributed by atoms with Crippen LogP contribution in [0.2, 0.25) is 0 Å². The number of nitrogens with zero attached hydrogens (tertiary/aromatic N) is 4. The second-order valence-electron chi connectivity index (χ2n) is 5.32. The molecule has 4 aromatic rings. The molecule has 0 aliphatic rings. The van der Waals surface area contributed by atoms with Gasteiger partial charge < -0.3 is 9.84 Å². The van der Waals surface area contributed by atoms with Crippen LogP contribution in [0.5, 0.6) is 0 Å². The Kier molecular flexibility index (Phi) is 5.28.